The Bertz CT molecular complexity index is 1270. The molecule has 0 bridgehead atoms. The van der Waals surface area contributed by atoms with E-state index in [0.29, 0.717) is 35.1 Å². The molecule has 0 spiro atoms. The molecule has 30 heavy (non-hydrogen) atoms. The van der Waals surface area contributed by atoms with Crippen LogP contribution in [0.3, 0.4) is 0 Å². The minimum Gasteiger partial charge on any atom is -0.494 e. The van der Waals surface area contributed by atoms with E-state index in [0.717, 1.165) is 5.69 Å². The Labute approximate surface area is 177 Å². The van der Waals surface area contributed by atoms with Gasteiger partial charge >= 0.3 is 0 Å². The molecule has 0 aliphatic rings. The van der Waals surface area contributed by atoms with Crippen LogP contribution >= 0.6 is 11.3 Å². The van der Waals surface area contributed by atoms with Gasteiger partial charge in [-0.05, 0) is 43.3 Å². The SMILES string of the molecule is CCOc1ccc(S(=O)(=O)NCCc2csc3nc(-c4cccc(F)c4)nn23)cc1. The second-order valence-corrected chi connectivity index (χ2v) is 9.02. The predicted molar refractivity (Wildman–Crippen MR) is 113 cm³/mol. The molecule has 2 aromatic heterocycles. The number of hydrogen-bond acceptors (Lipinski definition) is 6. The van der Waals surface area contributed by atoms with Crippen LogP contribution in [0, 0.1) is 5.82 Å². The second-order valence-electron chi connectivity index (χ2n) is 6.42. The Hall–Kier alpha value is -2.82. The van der Waals surface area contributed by atoms with E-state index in [1.54, 1.807) is 28.8 Å². The molecule has 0 saturated heterocycles. The van der Waals surface area contributed by atoms with Gasteiger partial charge in [-0.3, -0.25) is 0 Å². The summed E-state index contributed by atoms with van der Waals surface area (Å²) in [5.41, 5.74) is 1.41. The summed E-state index contributed by atoms with van der Waals surface area (Å²) in [6.45, 7) is 2.59. The molecular formula is C20H19FN4O3S2. The monoisotopic (exact) mass is 446 g/mol. The van der Waals surface area contributed by atoms with E-state index in [9.17, 15) is 12.8 Å². The fourth-order valence-electron chi connectivity index (χ4n) is 2.92. The largest absolute Gasteiger partial charge is 0.494 e. The van der Waals surface area contributed by atoms with E-state index in [4.69, 9.17) is 4.74 Å². The van der Waals surface area contributed by atoms with Crippen LogP contribution < -0.4 is 9.46 Å². The average Bonchev–Trinajstić information content (AvgIpc) is 3.30. The summed E-state index contributed by atoms with van der Waals surface area (Å²) in [6.07, 6.45) is 0.433. The second kappa shape index (κ2) is 8.50. The number of aromatic nitrogens is 3. The Morgan fingerprint density at radius 3 is 2.73 bits per heavy atom. The Morgan fingerprint density at radius 2 is 2.00 bits per heavy atom. The number of halogens is 1. The lowest BCUT2D eigenvalue weighted by Crippen LogP contribution is -2.26. The summed E-state index contributed by atoms with van der Waals surface area (Å²) in [4.78, 5) is 5.27. The maximum atomic E-state index is 13.5. The molecule has 0 aliphatic heterocycles. The van der Waals surface area contributed by atoms with Crippen LogP contribution in [0.15, 0.2) is 58.8 Å². The lowest BCUT2D eigenvalue weighted by atomic mass is 10.2. The molecule has 2 heterocycles. The summed E-state index contributed by atoms with van der Waals surface area (Å²) in [5, 5.41) is 6.33. The number of hydrogen-bond donors (Lipinski definition) is 1. The molecule has 2 aromatic carbocycles. The first kappa shape index (κ1) is 20.5. The molecule has 7 nitrogen and oxygen atoms in total. The summed E-state index contributed by atoms with van der Waals surface area (Å²) < 4.78 is 48.0. The van der Waals surface area contributed by atoms with Crippen molar-refractivity contribution in [2.45, 2.75) is 18.2 Å². The number of nitrogens with one attached hydrogen (secondary N) is 1. The standard InChI is InChI=1S/C20H19FN4O3S2/c1-2-28-17-6-8-18(9-7-17)30(26,27)22-11-10-16-13-29-20-23-19(24-25(16)20)14-4-3-5-15(21)12-14/h3-9,12-13,22H,2,10-11H2,1H3. The van der Waals surface area contributed by atoms with Crippen LogP contribution in [0.4, 0.5) is 4.39 Å². The van der Waals surface area contributed by atoms with E-state index in [2.05, 4.69) is 14.8 Å². The smallest absolute Gasteiger partial charge is 0.240 e. The highest BCUT2D eigenvalue weighted by Gasteiger charge is 2.15. The zero-order chi connectivity index (χ0) is 21.1. The third-order valence-electron chi connectivity index (χ3n) is 4.35. The molecule has 4 aromatic rings. The third kappa shape index (κ3) is 4.35. The van der Waals surface area contributed by atoms with Gasteiger partial charge in [0.25, 0.3) is 0 Å². The molecule has 0 unspecified atom stereocenters. The Morgan fingerprint density at radius 1 is 1.20 bits per heavy atom. The molecular weight excluding hydrogens is 427 g/mol. The van der Waals surface area contributed by atoms with E-state index in [1.807, 2.05) is 12.3 Å². The van der Waals surface area contributed by atoms with Crippen LogP contribution in [0.1, 0.15) is 12.6 Å². The van der Waals surface area contributed by atoms with Crippen LogP contribution in [0.25, 0.3) is 16.3 Å². The van der Waals surface area contributed by atoms with Crippen LogP contribution in [-0.2, 0) is 16.4 Å². The van der Waals surface area contributed by atoms with E-state index < -0.39 is 10.0 Å². The summed E-state index contributed by atoms with van der Waals surface area (Å²) in [7, 11) is -3.63. The van der Waals surface area contributed by atoms with Gasteiger partial charge in [-0.25, -0.2) is 22.0 Å². The fraction of sp³-hybridized carbons (Fsp3) is 0.200. The van der Waals surface area contributed by atoms with Gasteiger partial charge in [0.2, 0.25) is 15.0 Å². The van der Waals surface area contributed by atoms with Crippen molar-refractivity contribution in [2.75, 3.05) is 13.2 Å². The highest BCUT2D eigenvalue weighted by molar-refractivity contribution is 7.89. The average molecular weight is 447 g/mol. The molecule has 1 N–H and O–H groups in total. The number of fused-ring (bicyclic) bond motifs is 1. The summed E-state index contributed by atoms with van der Waals surface area (Å²) in [6, 6.07) is 12.4. The highest BCUT2D eigenvalue weighted by Crippen LogP contribution is 2.22. The van der Waals surface area contributed by atoms with Crippen molar-refractivity contribution in [1.29, 1.82) is 0 Å². The molecule has 0 atom stereocenters. The van der Waals surface area contributed by atoms with Gasteiger partial charge in [0, 0.05) is 23.9 Å². The van der Waals surface area contributed by atoms with Gasteiger partial charge in [-0.1, -0.05) is 12.1 Å². The van der Waals surface area contributed by atoms with Crippen molar-refractivity contribution in [3.8, 4) is 17.1 Å². The molecule has 156 valence electrons. The van der Waals surface area contributed by atoms with Crippen molar-refractivity contribution in [3.05, 3.63) is 65.4 Å². The molecule has 0 aliphatic carbocycles. The number of benzene rings is 2. The topological polar surface area (TPSA) is 85.6 Å². The van der Waals surface area contributed by atoms with Crippen molar-refractivity contribution < 1.29 is 17.5 Å². The van der Waals surface area contributed by atoms with Gasteiger partial charge in [0.15, 0.2) is 5.82 Å². The van der Waals surface area contributed by atoms with Crippen LogP contribution in [-0.4, -0.2) is 36.2 Å². The summed E-state index contributed by atoms with van der Waals surface area (Å²) >= 11 is 1.40. The van der Waals surface area contributed by atoms with E-state index in [1.165, 1.54) is 35.6 Å². The van der Waals surface area contributed by atoms with E-state index >= 15 is 0 Å². The number of thiazole rings is 1. The minimum absolute atomic E-state index is 0.176. The van der Waals surface area contributed by atoms with Gasteiger partial charge < -0.3 is 4.74 Å². The van der Waals surface area contributed by atoms with Gasteiger partial charge in [0.1, 0.15) is 11.6 Å². The van der Waals surface area contributed by atoms with Crippen molar-refractivity contribution >= 4 is 26.3 Å². The van der Waals surface area contributed by atoms with Crippen molar-refractivity contribution in [3.63, 3.8) is 0 Å². The van der Waals surface area contributed by atoms with Gasteiger partial charge in [-0.15, -0.1) is 16.4 Å². The Balaban J connectivity index is 1.44. The first-order valence-corrected chi connectivity index (χ1v) is 11.6. The minimum atomic E-state index is -3.63. The van der Waals surface area contributed by atoms with Gasteiger partial charge in [0.05, 0.1) is 17.2 Å². The third-order valence-corrected chi connectivity index (χ3v) is 6.69. The summed E-state index contributed by atoms with van der Waals surface area (Å²) in [5.74, 6) is 0.699. The predicted octanol–water partition coefficient (Wildman–Crippen LogP) is 3.52. The first-order valence-electron chi connectivity index (χ1n) is 9.28. The lowest BCUT2D eigenvalue weighted by Gasteiger charge is -2.08. The van der Waals surface area contributed by atoms with Gasteiger partial charge in [-0.2, -0.15) is 4.98 Å². The molecule has 0 amide bonds. The molecule has 0 fully saturated rings. The van der Waals surface area contributed by atoms with E-state index in [-0.39, 0.29) is 17.3 Å². The molecule has 0 radical (unpaired) electrons. The molecule has 0 saturated carbocycles. The zero-order valence-corrected chi connectivity index (χ0v) is 17.7. The number of rotatable bonds is 8. The van der Waals surface area contributed by atoms with Crippen LogP contribution in [0.5, 0.6) is 5.75 Å². The maximum absolute atomic E-state index is 13.5. The van der Waals surface area contributed by atoms with Crippen LogP contribution in [0.2, 0.25) is 0 Å². The fourth-order valence-corrected chi connectivity index (χ4v) is 4.81. The number of ether oxygens (including phenoxy) is 1. The number of sulfonamides is 1. The van der Waals surface area contributed by atoms with Crippen molar-refractivity contribution in [1.82, 2.24) is 19.3 Å². The maximum Gasteiger partial charge on any atom is 0.240 e. The van der Waals surface area contributed by atoms with Crippen molar-refractivity contribution in [2.24, 2.45) is 0 Å². The lowest BCUT2D eigenvalue weighted by molar-refractivity contribution is 0.340. The first-order chi connectivity index (χ1) is 14.5. The highest BCUT2D eigenvalue weighted by atomic mass is 32.2. The zero-order valence-electron chi connectivity index (χ0n) is 16.1. The number of nitrogens with zero attached hydrogens (tertiary/aromatic N) is 3. The molecule has 4 rings (SSSR count). The molecule has 10 heteroatoms. The normalized spacial score (nSPS) is 11.8. The quantitative estimate of drug-likeness (QED) is 0.448. The Kier molecular flexibility index (Phi) is 5.80.